The van der Waals surface area contributed by atoms with Gasteiger partial charge < -0.3 is 10.8 Å². The number of hydrogen-bond acceptors (Lipinski definition) is 3. The van der Waals surface area contributed by atoms with Crippen LogP contribution >= 0.6 is 12.4 Å². The van der Waals surface area contributed by atoms with Crippen LogP contribution in [0.4, 0.5) is 0 Å². The van der Waals surface area contributed by atoms with Crippen LogP contribution in [-0.4, -0.2) is 17.5 Å². The Morgan fingerprint density at radius 1 is 1.14 bits per heavy atom. The average Bonchev–Trinajstić information content (AvgIpc) is 2.48. The Labute approximate surface area is 131 Å². The average molecular weight is 306 g/mol. The lowest BCUT2D eigenvalue weighted by atomic mass is 9.97. The number of hydrogen-bond donors (Lipinski definition) is 2. The van der Waals surface area contributed by atoms with E-state index in [2.05, 4.69) is 0 Å². The first-order valence-corrected chi connectivity index (χ1v) is 6.69. The van der Waals surface area contributed by atoms with E-state index in [4.69, 9.17) is 10.8 Å². The molecule has 1 atom stereocenters. The molecule has 0 aliphatic carbocycles. The molecule has 0 heterocycles. The maximum absolute atomic E-state index is 11.3. The van der Waals surface area contributed by atoms with Crippen molar-refractivity contribution in [2.75, 3.05) is 6.61 Å². The molecule has 3 N–H and O–H groups in total. The second kappa shape index (κ2) is 7.93. The second-order valence-corrected chi connectivity index (χ2v) is 4.88. The van der Waals surface area contributed by atoms with Crippen LogP contribution in [0.5, 0.6) is 0 Å². The molecule has 21 heavy (non-hydrogen) atoms. The predicted octanol–water partition coefficient (Wildman–Crippen LogP) is 3.36. The van der Waals surface area contributed by atoms with Crippen LogP contribution in [0.2, 0.25) is 0 Å². The van der Waals surface area contributed by atoms with E-state index in [1.807, 2.05) is 48.5 Å². The van der Waals surface area contributed by atoms with E-state index in [0.717, 1.165) is 16.7 Å². The smallest absolute Gasteiger partial charge is 0.159 e. The second-order valence-electron chi connectivity index (χ2n) is 4.88. The van der Waals surface area contributed by atoms with Crippen molar-refractivity contribution in [3.63, 3.8) is 0 Å². The standard InChI is InChI=1S/C17H19NO2.ClH/c1-12(20)13-5-7-14(8-6-13)15-3-2-4-16(11-15)17(18)9-10-19;/h2-8,11,17,19H,9-10,18H2,1H3;1H. The lowest BCUT2D eigenvalue weighted by Gasteiger charge is -2.12. The van der Waals surface area contributed by atoms with Crippen molar-refractivity contribution in [1.29, 1.82) is 0 Å². The lowest BCUT2D eigenvalue weighted by molar-refractivity contribution is 0.101. The molecule has 112 valence electrons. The lowest BCUT2D eigenvalue weighted by Crippen LogP contribution is -2.11. The SMILES string of the molecule is CC(=O)c1ccc(-c2cccc(C(N)CCO)c2)cc1.Cl. The summed E-state index contributed by atoms with van der Waals surface area (Å²) in [6.45, 7) is 1.64. The van der Waals surface area contributed by atoms with Crippen LogP contribution in [-0.2, 0) is 0 Å². The normalized spacial score (nSPS) is 11.6. The summed E-state index contributed by atoms with van der Waals surface area (Å²) in [5.41, 5.74) is 9.84. The van der Waals surface area contributed by atoms with Crippen LogP contribution < -0.4 is 5.73 Å². The molecule has 0 aromatic heterocycles. The third kappa shape index (κ3) is 4.39. The highest BCUT2D eigenvalue weighted by Crippen LogP contribution is 2.24. The van der Waals surface area contributed by atoms with Crippen molar-refractivity contribution in [3.8, 4) is 11.1 Å². The number of benzene rings is 2. The van der Waals surface area contributed by atoms with Crippen LogP contribution in [0.25, 0.3) is 11.1 Å². The minimum Gasteiger partial charge on any atom is -0.396 e. The van der Waals surface area contributed by atoms with Crippen molar-refractivity contribution >= 4 is 18.2 Å². The molecule has 0 aliphatic rings. The topological polar surface area (TPSA) is 63.3 Å². The number of carbonyl (C=O) groups is 1. The molecule has 0 fully saturated rings. The Bertz CT molecular complexity index is 596. The minimum atomic E-state index is -0.156. The number of aliphatic hydroxyl groups is 1. The molecule has 3 nitrogen and oxygen atoms in total. The van der Waals surface area contributed by atoms with E-state index < -0.39 is 0 Å². The zero-order chi connectivity index (χ0) is 14.5. The van der Waals surface area contributed by atoms with Gasteiger partial charge in [-0.25, -0.2) is 0 Å². The van der Waals surface area contributed by atoms with E-state index in [0.29, 0.717) is 12.0 Å². The zero-order valence-electron chi connectivity index (χ0n) is 12.0. The molecule has 2 aromatic carbocycles. The van der Waals surface area contributed by atoms with Gasteiger partial charge in [-0.2, -0.15) is 0 Å². The summed E-state index contributed by atoms with van der Waals surface area (Å²) in [4.78, 5) is 11.3. The van der Waals surface area contributed by atoms with Gasteiger partial charge in [0.15, 0.2) is 5.78 Å². The van der Waals surface area contributed by atoms with Crippen LogP contribution in [0, 0.1) is 0 Å². The highest BCUT2D eigenvalue weighted by atomic mass is 35.5. The van der Waals surface area contributed by atoms with Gasteiger partial charge in [0.25, 0.3) is 0 Å². The van der Waals surface area contributed by atoms with Crippen molar-refractivity contribution in [3.05, 3.63) is 59.7 Å². The fourth-order valence-electron chi connectivity index (χ4n) is 2.15. The number of ketones is 1. The van der Waals surface area contributed by atoms with Gasteiger partial charge in [-0.15, -0.1) is 12.4 Å². The van der Waals surface area contributed by atoms with Crippen LogP contribution in [0.15, 0.2) is 48.5 Å². The van der Waals surface area contributed by atoms with Crippen molar-refractivity contribution in [1.82, 2.24) is 0 Å². The van der Waals surface area contributed by atoms with Crippen LogP contribution in [0.1, 0.15) is 35.3 Å². The maximum Gasteiger partial charge on any atom is 0.159 e. The van der Waals surface area contributed by atoms with E-state index in [9.17, 15) is 4.79 Å². The van der Waals surface area contributed by atoms with Crippen molar-refractivity contribution < 1.29 is 9.90 Å². The van der Waals surface area contributed by atoms with Gasteiger partial charge in [0.2, 0.25) is 0 Å². The Balaban J connectivity index is 0.00000220. The number of aliphatic hydroxyl groups excluding tert-OH is 1. The summed E-state index contributed by atoms with van der Waals surface area (Å²) in [6.07, 6.45) is 0.548. The molecule has 4 heteroatoms. The Hall–Kier alpha value is -1.68. The summed E-state index contributed by atoms with van der Waals surface area (Å²) >= 11 is 0. The molecule has 1 unspecified atom stereocenters. The fourth-order valence-corrected chi connectivity index (χ4v) is 2.15. The van der Waals surface area contributed by atoms with E-state index >= 15 is 0 Å². The van der Waals surface area contributed by atoms with E-state index in [-0.39, 0.29) is 30.8 Å². The van der Waals surface area contributed by atoms with Gasteiger partial charge in [-0.1, -0.05) is 42.5 Å². The first-order chi connectivity index (χ1) is 9.61. The van der Waals surface area contributed by atoms with Crippen molar-refractivity contribution in [2.45, 2.75) is 19.4 Å². The molecule has 0 spiro atoms. The Morgan fingerprint density at radius 3 is 2.38 bits per heavy atom. The zero-order valence-corrected chi connectivity index (χ0v) is 12.8. The van der Waals surface area contributed by atoms with Gasteiger partial charge in [0, 0.05) is 18.2 Å². The summed E-state index contributed by atoms with van der Waals surface area (Å²) in [6, 6.07) is 15.4. The van der Waals surface area contributed by atoms with Gasteiger partial charge >= 0.3 is 0 Å². The number of carbonyl (C=O) groups excluding carboxylic acids is 1. The summed E-state index contributed by atoms with van der Waals surface area (Å²) < 4.78 is 0. The first-order valence-electron chi connectivity index (χ1n) is 6.69. The molecular formula is C17H20ClNO2. The molecule has 0 bridgehead atoms. The number of Topliss-reactive ketones (excluding diaryl/α,β-unsaturated/α-hetero) is 1. The Kier molecular flexibility index (Phi) is 6.56. The minimum absolute atomic E-state index is 0. The highest BCUT2D eigenvalue weighted by molar-refractivity contribution is 5.94. The van der Waals surface area contributed by atoms with E-state index in [1.54, 1.807) is 6.92 Å². The summed E-state index contributed by atoms with van der Waals surface area (Å²) in [7, 11) is 0. The van der Waals surface area contributed by atoms with Gasteiger partial charge in [-0.05, 0) is 36.1 Å². The van der Waals surface area contributed by atoms with Gasteiger partial charge in [0.1, 0.15) is 0 Å². The molecular weight excluding hydrogens is 286 g/mol. The number of nitrogens with two attached hydrogens (primary N) is 1. The molecule has 0 amide bonds. The molecule has 0 radical (unpaired) electrons. The fraction of sp³-hybridized carbons (Fsp3) is 0.235. The molecule has 0 aliphatic heterocycles. The third-order valence-corrected chi connectivity index (χ3v) is 3.38. The number of rotatable bonds is 5. The maximum atomic E-state index is 11.3. The van der Waals surface area contributed by atoms with Gasteiger partial charge in [-0.3, -0.25) is 4.79 Å². The largest absolute Gasteiger partial charge is 0.396 e. The molecule has 0 saturated heterocycles. The highest BCUT2D eigenvalue weighted by Gasteiger charge is 2.07. The number of halogens is 1. The third-order valence-electron chi connectivity index (χ3n) is 3.38. The quantitative estimate of drug-likeness (QED) is 0.833. The van der Waals surface area contributed by atoms with Crippen LogP contribution in [0.3, 0.4) is 0 Å². The predicted molar refractivity (Wildman–Crippen MR) is 87.8 cm³/mol. The van der Waals surface area contributed by atoms with Gasteiger partial charge in [0.05, 0.1) is 0 Å². The van der Waals surface area contributed by atoms with Crippen molar-refractivity contribution in [2.24, 2.45) is 5.73 Å². The molecule has 0 saturated carbocycles. The molecule has 2 aromatic rings. The summed E-state index contributed by atoms with van der Waals surface area (Å²) in [5.74, 6) is 0.0651. The molecule has 2 rings (SSSR count). The van der Waals surface area contributed by atoms with E-state index in [1.165, 1.54) is 0 Å². The summed E-state index contributed by atoms with van der Waals surface area (Å²) in [5, 5.41) is 8.95. The first kappa shape index (κ1) is 17.4. The Morgan fingerprint density at radius 2 is 1.81 bits per heavy atom. The monoisotopic (exact) mass is 305 g/mol.